The summed E-state index contributed by atoms with van der Waals surface area (Å²) in [4.78, 5) is 33.1. The van der Waals surface area contributed by atoms with Crippen molar-refractivity contribution >= 4 is 23.2 Å². The fourth-order valence-corrected chi connectivity index (χ4v) is 5.27. The highest BCUT2D eigenvalue weighted by atomic mass is 32.1. The van der Waals surface area contributed by atoms with Crippen LogP contribution in [0.15, 0.2) is 10.9 Å². The molecule has 3 aliphatic rings. The van der Waals surface area contributed by atoms with Gasteiger partial charge in [-0.1, -0.05) is 0 Å². The second-order valence-corrected chi connectivity index (χ2v) is 8.95. The van der Waals surface area contributed by atoms with Gasteiger partial charge in [0.15, 0.2) is 5.67 Å². The Hall–Kier alpha value is -1.54. The van der Waals surface area contributed by atoms with Crippen molar-refractivity contribution in [2.45, 2.75) is 50.2 Å². The summed E-state index contributed by atoms with van der Waals surface area (Å²) in [6.07, 6.45) is 3.98. The summed E-state index contributed by atoms with van der Waals surface area (Å²) in [5.74, 6) is -0.378. The number of methoxy groups -OCH3 is 1. The third-order valence-corrected chi connectivity index (χ3v) is 7.11. The Balaban J connectivity index is 1.43. The minimum absolute atomic E-state index is 0.0191. The fraction of sp³-hybridized carbons (Fsp3) is 0.737. The van der Waals surface area contributed by atoms with Crippen molar-refractivity contribution in [2.75, 3.05) is 33.4 Å². The third-order valence-electron chi connectivity index (χ3n) is 6.53. The first-order valence-corrected chi connectivity index (χ1v) is 10.6. The molecule has 1 aromatic rings. The Morgan fingerprint density at radius 1 is 1.33 bits per heavy atom. The molecule has 0 N–H and O–H groups in total. The molecule has 1 aliphatic carbocycles. The van der Waals surface area contributed by atoms with Crippen LogP contribution in [0.4, 0.5) is 4.39 Å². The molecule has 8 heteroatoms. The molecule has 148 valence electrons. The summed E-state index contributed by atoms with van der Waals surface area (Å²) in [6, 6.07) is 0.0191. The van der Waals surface area contributed by atoms with Crippen molar-refractivity contribution in [1.82, 2.24) is 14.8 Å². The van der Waals surface area contributed by atoms with Crippen molar-refractivity contribution in [3.63, 3.8) is 0 Å². The lowest BCUT2D eigenvalue weighted by Gasteiger charge is -2.43. The van der Waals surface area contributed by atoms with Crippen molar-refractivity contribution in [2.24, 2.45) is 5.41 Å². The molecular weight excluding hydrogens is 369 g/mol. The summed E-state index contributed by atoms with van der Waals surface area (Å²) in [5, 5.41) is 1.78. The van der Waals surface area contributed by atoms with Crippen LogP contribution in [0.1, 0.15) is 49.0 Å². The first kappa shape index (κ1) is 18.8. The van der Waals surface area contributed by atoms with Gasteiger partial charge in [0.25, 0.3) is 11.8 Å². The number of ether oxygens (including phenoxy) is 1. The monoisotopic (exact) mass is 395 g/mol. The molecule has 1 aromatic heterocycles. The van der Waals surface area contributed by atoms with E-state index in [2.05, 4.69) is 4.98 Å². The van der Waals surface area contributed by atoms with E-state index in [9.17, 15) is 14.0 Å². The molecule has 4 rings (SSSR count). The van der Waals surface area contributed by atoms with E-state index in [4.69, 9.17) is 4.74 Å². The van der Waals surface area contributed by atoms with Crippen LogP contribution < -0.4 is 0 Å². The Bertz CT molecular complexity index is 699. The van der Waals surface area contributed by atoms with Crippen molar-refractivity contribution in [3.05, 3.63) is 16.6 Å². The summed E-state index contributed by atoms with van der Waals surface area (Å²) in [6.45, 7) is 2.29. The molecule has 0 aromatic carbocycles. The lowest BCUT2D eigenvalue weighted by atomic mass is 9.75. The van der Waals surface area contributed by atoms with E-state index in [1.165, 1.54) is 11.3 Å². The average Bonchev–Trinajstić information content (AvgIpc) is 3.29. The van der Waals surface area contributed by atoms with Crippen LogP contribution in [0, 0.1) is 5.41 Å². The summed E-state index contributed by atoms with van der Waals surface area (Å²) in [5.41, 5.74) is 0.511. The number of thiazole rings is 1. The smallest absolute Gasteiger partial charge is 0.273 e. The van der Waals surface area contributed by atoms with Crippen LogP contribution in [0.25, 0.3) is 0 Å². The number of hydrogen-bond donors (Lipinski definition) is 0. The second-order valence-electron chi connectivity index (χ2n) is 8.23. The van der Waals surface area contributed by atoms with Gasteiger partial charge in [0.2, 0.25) is 0 Å². The lowest BCUT2D eigenvalue weighted by Crippen LogP contribution is -2.54. The van der Waals surface area contributed by atoms with E-state index in [1.807, 2.05) is 4.90 Å². The number of halogens is 1. The lowest BCUT2D eigenvalue weighted by molar-refractivity contribution is -0.152. The summed E-state index contributed by atoms with van der Waals surface area (Å²) >= 11 is 1.41. The number of nitrogens with zero attached hydrogens (tertiary/aromatic N) is 3. The van der Waals surface area contributed by atoms with Crippen molar-refractivity contribution in [3.8, 4) is 0 Å². The highest BCUT2D eigenvalue weighted by Crippen LogP contribution is 2.45. The summed E-state index contributed by atoms with van der Waals surface area (Å²) in [7, 11) is 1.65. The van der Waals surface area contributed by atoms with Gasteiger partial charge in [-0.3, -0.25) is 9.59 Å². The third kappa shape index (κ3) is 3.38. The Morgan fingerprint density at radius 3 is 2.63 bits per heavy atom. The van der Waals surface area contributed by atoms with Gasteiger partial charge in [-0.05, 0) is 43.9 Å². The minimum atomic E-state index is -1.62. The SMILES string of the molecule is COC[C@@H]1CC2(CCN(C(=O)C3(F)CCC3)CC2)CN1C(=O)c1cscn1. The molecule has 3 heterocycles. The molecular formula is C19H26FN3O3S. The number of rotatable bonds is 4. The second kappa shape index (κ2) is 7.13. The van der Waals surface area contributed by atoms with Gasteiger partial charge < -0.3 is 14.5 Å². The van der Waals surface area contributed by atoms with E-state index >= 15 is 0 Å². The van der Waals surface area contributed by atoms with E-state index in [1.54, 1.807) is 22.9 Å². The van der Waals surface area contributed by atoms with E-state index in [0.717, 1.165) is 25.7 Å². The van der Waals surface area contributed by atoms with Gasteiger partial charge in [-0.15, -0.1) is 11.3 Å². The van der Waals surface area contributed by atoms with E-state index < -0.39 is 5.67 Å². The van der Waals surface area contributed by atoms with Crippen molar-refractivity contribution < 1.29 is 18.7 Å². The topological polar surface area (TPSA) is 62.7 Å². The summed E-state index contributed by atoms with van der Waals surface area (Å²) < 4.78 is 19.8. The van der Waals surface area contributed by atoms with Gasteiger partial charge in [-0.2, -0.15) is 0 Å². The maximum atomic E-state index is 14.5. The molecule has 1 atom stereocenters. The maximum absolute atomic E-state index is 14.5. The number of carbonyl (C=O) groups excluding carboxylic acids is 2. The van der Waals surface area contributed by atoms with E-state index in [-0.39, 0.29) is 23.3 Å². The quantitative estimate of drug-likeness (QED) is 0.786. The Kier molecular flexibility index (Phi) is 4.96. The zero-order chi connectivity index (χ0) is 19.1. The number of alkyl halides is 1. The van der Waals surface area contributed by atoms with Gasteiger partial charge in [0.05, 0.1) is 18.2 Å². The molecule has 0 unspecified atom stereocenters. The van der Waals surface area contributed by atoms with Crippen LogP contribution in [-0.2, 0) is 9.53 Å². The molecule has 1 saturated carbocycles. The molecule has 0 radical (unpaired) electrons. The average molecular weight is 396 g/mol. The number of piperidine rings is 1. The number of likely N-dealkylation sites (tertiary alicyclic amines) is 2. The van der Waals surface area contributed by atoms with Crippen molar-refractivity contribution in [1.29, 1.82) is 0 Å². The molecule has 1 spiro atoms. The zero-order valence-corrected chi connectivity index (χ0v) is 16.5. The molecule has 0 bridgehead atoms. The predicted octanol–water partition coefficient (Wildman–Crippen LogP) is 2.51. The standard InChI is InChI=1S/C19H26FN3O3S/c1-26-10-14-9-18(12-23(14)16(24)15-11-27-13-21-15)5-7-22(8-6-18)17(25)19(20)3-2-4-19/h11,13-14H,2-10,12H2,1H3/t14-/m0/s1. The van der Waals surface area contributed by atoms with Gasteiger partial charge in [0, 0.05) is 32.1 Å². The first-order chi connectivity index (χ1) is 13.0. The van der Waals surface area contributed by atoms with Crippen LogP contribution in [-0.4, -0.2) is 71.7 Å². The fourth-order valence-electron chi connectivity index (χ4n) is 4.74. The number of hydrogen-bond acceptors (Lipinski definition) is 5. The largest absolute Gasteiger partial charge is 0.383 e. The number of amides is 2. The van der Waals surface area contributed by atoms with Crippen LogP contribution in [0.3, 0.4) is 0 Å². The molecule has 27 heavy (non-hydrogen) atoms. The van der Waals surface area contributed by atoms with Gasteiger partial charge in [-0.25, -0.2) is 9.37 Å². The molecule has 6 nitrogen and oxygen atoms in total. The predicted molar refractivity (Wildman–Crippen MR) is 99.4 cm³/mol. The zero-order valence-electron chi connectivity index (χ0n) is 15.7. The molecule has 3 fully saturated rings. The van der Waals surface area contributed by atoms with Crippen LogP contribution in [0.2, 0.25) is 0 Å². The van der Waals surface area contributed by atoms with Crippen LogP contribution in [0.5, 0.6) is 0 Å². The molecule has 2 aliphatic heterocycles. The minimum Gasteiger partial charge on any atom is -0.383 e. The Morgan fingerprint density at radius 2 is 2.07 bits per heavy atom. The number of aromatic nitrogens is 1. The van der Waals surface area contributed by atoms with Gasteiger partial charge >= 0.3 is 0 Å². The molecule has 2 saturated heterocycles. The van der Waals surface area contributed by atoms with Gasteiger partial charge in [0.1, 0.15) is 5.69 Å². The number of carbonyl (C=O) groups is 2. The Labute approximate surface area is 162 Å². The van der Waals surface area contributed by atoms with E-state index in [0.29, 0.717) is 44.8 Å². The normalized spacial score (nSPS) is 26.2. The highest BCUT2D eigenvalue weighted by molar-refractivity contribution is 7.07. The highest BCUT2D eigenvalue weighted by Gasteiger charge is 2.51. The van der Waals surface area contributed by atoms with Crippen LogP contribution >= 0.6 is 11.3 Å². The maximum Gasteiger partial charge on any atom is 0.273 e. The molecule has 2 amide bonds. The first-order valence-electron chi connectivity index (χ1n) is 9.63.